The molecule has 0 aliphatic carbocycles. The first-order valence-electron chi connectivity index (χ1n) is 6.52. The van der Waals surface area contributed by atoms with Gasteiger partial charge in [-0.05, 0) is 25.4 Å². The molecule has 3 fully saturated rings. The van der Waals surface area contributed by atoms with Gasteiger partial charge in [0.1, 0.15) is 0 Å². The predicted molar refractivity (Wildman–Crippen MR) is 62.3 cm³/mol. The van der Waals surface area contributed by atoms with Crippen molar-refractivity contribution in [3.63, 3.8) is 0 Å². The zero-order valence-corrected chi connectivity index (χ0v) is 10.0. The van der Waals surface area contributed by atoms with Crippen molar-refractivity contribution in [3.05, 3.63) is 0 Å². The summed E-state index contributed by atoms with van der Waals surface area (Å²) in [6, 6.07) is 0.291. The van der Waals surface area contributed by atoms with Crippen molar-refractivity contribution in [2.75, 3.05) is 32.7 Å². The Morgan fingerprint density at radius 2 is 2.18 bits per heavy atom. The third-order valence-corrected chi connectivity index (χ3v) is 4.18. The molecule has 3 saturated heterocycles. The molecule has 0 bridgehead atoms. The summed E-state index contributed by atoms with van der Waals surface area (Å²) in [6.45, 7) is 4.17. The van der Waals surface area contributed by atoms with E-state index in [9.17, 15) is 9.59 Å². The van der Waals surface area contributed by atoms with Gasteiger partial charge in [-0.1, -0.05) is 0 Å². The van der Waals surface area contributed by atoms with E-state index in [-0.39, 0.29) is 11.8 Å². The average molecular weight is 237 g/mol. The Morgan fingerprint density at radius 3 is 2.88 bits per heavy atom. The molecule has 1 unspecified atom stereocenters. The molecule has 1 N–H and O–H groups in total. The van der Waals surface area contributed by atoms with Crippen LogP contribution in [0.4, 0.5) is 0 Å². The minimum atomic E-state index is 0.269. The van der Waals surface area contributed by atoms with Crippen LogP contribution in [0.2, 0.25) is 0 Å². The van der Waals surface area contributed by atoms with Crippen LogP contribution < -0.4 is 5.32 Å². The van der Waals surface area contributed by atoms with Crippen LogP contribution in [-0.2, 0) is 9.59 Å². The summed E-state index contributed by atoms with van der Waals surface area (Å²) in [5.41, 5.74) is 0. The number of hydrogen-bond donors (Lipinski definition) is 1. The van der Waals surface area contributed by atoms with Gasteiger partial charge in [0.2, 0.25) is 11.8 Å². The fourth-order valence-corrected chi connectivity index (χ4v) is 2.96. The number of hydrogen-bond acceptors (Lipinski definition) is 3. The van der Waals surface area contributed by atoms with Gasteiger partial charge < -0.3 is 15.1 Å². The maximum absolute atomic E-state index is 12.1. The van der Waals surface area contributed by atoms with Crippen LogP contribution in [0, 0.1) is 5.92 Å². The van der Waals surface area contributed by atoms with E-state index in [4.69, 9.17) is 0 Å². The number of carbonyl (C=O) groups excluding carboxylic acids is 2. The Labute approximate surface area is 101 Å². The van der Waals surface area contributed by atoms with E-state index in [1.54, 1.807) is 0 Å². The lowest BCUT2D eigenvalue weighted by molar-refractivity contribution is -0.139. The monoisotopic (exact) mass is 237 g/mol. The molecule has 0 aromatic heterocycles. The molecule has 5 heteroatoms. The van der Waals surface area contributed by atoms with Crippen molar-refractivity contribution in [2.45, 2.75) is 25.3 Å². The topological polar surface area (TPSA) is 52.7 Å². The van der Waals surface area contributed by atoms with Crippen molar-refractivity contribution < 1.29 is 9.59 Å². The highest BCUT2D eigenvalue weighted by molar-refractivity contribution is 5.80. The lowest BCUT2D eigenvalue weighted by Gasteiger charge is -2.38. The van der Waals surface area contributed by atoms with Crippen LogP contribution in [0.1, 0.15) is 19.3 Å². The molecule has 3 aliphatic heterocycles. The van der Waals surface area contributed by atoms with Crippen LogP contribution in [0.3, 0.4) is 0 Å². The first kappa shape index (κ1) is 11.0. The molecule has 94 valence electrons. The number of amides is 2. The Balaban J connectivity index is 1.55. The summed E-state index contributed by atoms with van der Waals surface area (Å²) in [4.78, 5) is 27.5. The standard InChI is InChI=1S/C12H19N3O2/c16-11-2-1-10-8-14(3-4-15(10)11)12(17)5-9-6-13-7-9/h9-10,13H,1-8H2. The first-order valence-corrected chi connectivity index (χ1v) is 6.52. The molecule has 3 rings (SSSR count). The molecule has 0 saturated carbocycles. The molecule has 0 aromatic rings. The van der Waals surface area contributed by atoms with Crippen molar-refractivity contribution in [2.24, 2.45) is 5.92 Å². The van der Waals surface area contributed by atoms with E-state index in [2.05, 4.69) is 5.32 Å². The number of piperazine rings is 1. The van der Waals surface area contributed by atoms with E-state index in [0.29, 0.717) is 24.8 Å². The molecule has 0 radical (unpaired) electrons. The smallest absolute Gasteiger partial charge is 0.223 e. The van der Waals surface area contributed by atoms with Gasteiger partial charge in [0, 0.05) is 38.5 Å². The van der Waals surface area contributed by atoms with Gasteiger partial charge in [-0.3, -0.25) is 9.59 Å². The minimum absolute atomic E-state index is 0.269. The van der Waals surface area contributed by atoms with Crippen molar-refractivity contribution in [1.82, 2.24) is 15.1 Å². The highest BCUT2D eigenvalue weighted by atomic mass is 16.2. The van der Waals surface area contributed by atoms with Crippen LogP contribution in [0.15, 0.2) is 0 Å². The Hall–Kier alpha value is -1.10. The molecule has 0 spiro atoms. The van der Waals surface area contributed by atoms with E-state index in [1.165, 1.54) is 0 Å². The quantitative estimate of drug-likeness (QED) is 0.700. The van der Waals surface area contributed by atoms with E-state index >= 15 is 0 Å². The molecule has 0 aromatic carbocycles. The summed E-state index contributed by atoms with van der Waals surface area (Å²) in [7, 11) is 0. The van der Waals surface area contributed by atoms with Crippen LogP contribution in [-0.4, -0.2) is 60.4 Å². The number of fused-ring (bicyclic) bond motifs is 1. The van der Waals surface area contributed by atoms with Crippen molar-refractivity contribution >= 4 is 11.8 Å². The summed E-state index contributed by atoms with van der Waals surface area (Å²) in [6.07, 6.45) is 2.26. The highest BCUT2D eigenvalue weighted by Crippen LogP contribution is 2.23. The minimum Gasteiger partial charge on any atom is -0.339 e. The molecule has 17 heavy (non-hydrogen) atoms. The summed E-state index contributed by atoms with van der Waals surface area (Å²) < 4.78 is 0. The Morgan fingerprint density at radius 1 is 1.35 bits per heavy atom. The normalized spacial score (nSPS) is 29.2. The maximum atomic E-state index is 12.1. The number of nitrogens with zero attached hydrogens (tertiary/aromatic N) is 2. The summed E-state index contributed by atoms with van der Waals surface area (Å²) in [5.74, 6) is 1.08. The lowest BCUT2D eigenvalue weighted by Crippen LogP contribution is -2.54. The number of rotatable bonds is 2. The maximum Gasteiger partial charge on any atom is 0.223 e. The molecule has 2 amide bonds. The average Bonchev–Trinajstić information content (AvgIpc) is 2.65. The molecule has 3 aliphatic rings. The van der Waals surface area contributed by atoms with Gasteiger partial charge in [0.25, 0.3) is 0 Å². The number of carbonyl (C=O) groups is 2. The van der Waals surface area contributed by atoms with Gasteiger partial charge in [-0.2, -0.15) is 0 Å². The largest absolute Gasteiger partial charge is 0.339 e. The SMILES string of the molecule is O=C(CC1CNC1)N1CCN2C(=O)CCC2C1. The van der Waals surface area contributed by atoms with Crippen molar-refractivity contribution in [3.8, 4) is 0 Å². The highest BCUT2D eigenvalue weighted by Gasteiger charge is 2.37. The second-order valence-electron chi connectivity index (χ2n) is 5.35. The molecule has 1 atom stereocenters. The Kier molecular flexibility index (Phi) is 2.78. The van der Waals surface area contributed by atoms with Gasteiger partial charge in [-0.15, -0.1) is 0 Å². The summed E-state index contributed by atoms with van der Waals surface area (Å²) in [5, 5.41) is 3.19. The van der Waals surface area contributed by atoms with Crippen LogP contribution in [0.5, 0.6) is 0 Å². The zero-order chi connectivity index (χ0) is 11.8. The van der Waals surface area contributed by atoms with Gasteiger partial charge in [0.15, 0.2) is 0 Å². The fraction of sp³-hybridized carbons (Fsp3) is 0.833. The molecular formula is C12H19N3O2. The molecule has 3 heterocycles. The Bertz CT molecular complexity index is 341. The third-order valence-electron chi connectivity index (χ3n) is 4.18. The zero-order valence-electron chi connectivity index (χ0n) is 10.0. The second-order valence-corrected chi connectivity index (χ2v) is 5.35. The molecular weight excluding hydrogens is 218 g/mol. The van der Waals surface area contributed by atoms with Crippen LogP contribution in [0.25, 0.3) is 0 Å². The fourth-order valence-electron chi connectivity index (χ4n) is 2.96. The van der Waals surface area contributed by atoms with Gasteiger partial charge >= 0.3 is 0 Å². The van der Waals surface area contributed by atoms with E-state index in [1.807, 2.05) is 9.80 Å². The third kappa shape index (κ3) is 2.04. The van der Waals surface area contributed by atoms with E-state index < -0.39 is 0 Å². The second kappa shape index (κ2) is 4.29. The summed E-state index contributed by atoms with van der Waals surface area (Å²) >= 11 is 0. The first-order chi connectivity index (χ1) is 8.24. The number of nitrogens with one attached hydrogen (secondary N) is 1. The van der Waals surface area contributed by atoms with Gasteiger partial charge in [-0.25, -0.2) is 0 Å². The van der Waals surface area contributed by atoms with Gasteiger partial charge in [0.05, 0.1) is 0 Å². The predicted octanol–water partition coefficient (Wildman–Crippen LogP) is -0.571. The van der Waals surface area contributed by atoms with E-state index in [0.717, 1.165) is 39.1 Å². The van der Waals surface area contributed by atoms with Crippen LogP contribution >= 0.6 is 0 Å². The van der Waals surface area contributed by atoms with Crippen molar-refractivity contribution in [1.29, 1.82) is 0 Å². The molecule has 5 nitrogen and oxygen atoms in total. The lowest BCUT2D eigenvalue weighted by atomic mass is 9.98.